The van der Waals surface area contributed by atoms with Crippen molar-refractivity contribution in [3.63, 3.8) is 0 Å². The van der Waals surface area contributed by atoms with Crippen molar-refractivity contribution in [2.45, 2.75) is 6.92 Å². The molecular weight excluding hydrogens is 466 g/mol. The van der Waals surface area contributed by atoms with Gasteiger partial charge in [0.2, 0.25) is 0 Å². The maximum Gasteiger partial charge on any atom is 0.329 e. The minimum Gasteiger partial charge on any atom is -0.497 e. The molecule has 2 amide bonds. The van der Waals surface area contributed by atoms with Crippen molar-refractivity contribution in [1.82, 2.24) is 15.2 Å². The smallest absolute Gasteiger partial charge is 0.329 e. The molecule has 8 nitrogen and oxygen atoms in total. The van der Waals surface area contributed by atoms with Crippen molar-refractivity contribution < 1.29 is 14.3 Å². The maximum atomic E-state index is 12.3. The van der Waals surface area contributed by atoms with Gasteiger partial charge in [-0.25, -0.2) is 10.1 Å². The average Bonchev–Trinajstić information content (AvgIpc) is 3.31. The molecule has 0 unspecified atom stereocenters. The number of halogens is 1. The molecule has 176 valence electrons. The highest BCUT2D eigenvalue weighted by atomic mass is 35.5. The van der Waals surface area contributed by atoms with Gasteiger partial charge in [-0.2, -0.15) is 10.2 Å². The van der Waals surface area contributed by atoms with Crippen molar-refractivity contribution in [1.29, 1.82) is 0 Å². The molecule has 3 aromatic carbocycles. The monoisotopic (exact) mass is 487 g/mol. The van der Waals surface area contributed by atoms with Gasteiger partial charge in [-0.1, -0.05) is 35.9 Å². The number of benzene rings is 3. The van der Waals surface area contributed by atoms with E-state index in [1.807, 2.05) is 54.6 Å². The number of hydrogen-bond acceptors (Lipinski definition) is 5. The fraction of sp³-hybridized carbons (Fsp3) is 0.0769. The Morgan fingerprint density at radius 1 is 1.00 bits per heavy atom. The number of carbonyl (C=O) groups is 2. The van der Waals surface area contributed by atoms with Gasteiger partial charge < -0.3 is 10.1 Å². The van der Waals surface area contributed by atoms with Gasteiger partial charge >= 0.3 is 11.8 Å². The van der Waals surface area contributed by atoms with E-state index in [-0.39, 0.29) is 0 Å². The first-order valence-electron chi connectivity index (χ1n) is 10.7. The van der Waals surface area contributed by atoms with E-state index < -0.39 is 11.8 Å². The summed E-state index contributed by atoms with van der Waals surface area (Å²) in [6, 6.07) is 22.1. The number of ether oxygens (including phenoxy) is 1. The standard InChI is InChI=1S/C26H22ClN5O3/c1-17-22(27)9-6-10-23(17)29-25(33)26(34)30-28-15-19-16-32(20-7-4-3-5-8-20)31-24(19)18-11-13-21(35-2)14-12-18/h3-16H,1-2H3,(H,29,33)(H,30,34). The van der Waals surface area contributed by atoms with Crippen LogP contribution in [-0.4, -0.2) is 34.9 Å². The van der Waals surface area contributed by atoms with Gasteiger partial charge in [-0.3, -0.25) is 9.59 Å². The largest absolute Gasteiger partial charge is 0.497 e. The number of hydrazone groups is 1. The third-order valence-corrected chi connectivity index (χ3v) is 5.63. The Labute approximate surface area is 207 Å². The molecule has 1 aromatic heterocycles. The minimum absolute atomic E-state index is 0.451. The Kier molecular flexibility index (Phi) is 7.23. The second-order valence-electron chi connectivity index (χ2n) is 7.51. The van der Waals surface area contributed by atoms with Crippen LogP contribution in [0.15, 0.2) is 84.1 Å². The third-order valence-electron chi connectivity index (χ3n) is 5.22. The van der Waals surface area contributed by atoms with Crippen LogP contribution in [0.1, 0.15) is 11.1 Å². The zero-order chi connectivity index (χ0) is 24.8. The summed E-state index contributed by atoms with van der Waals surface area (Å²) in [6.07, 6.45) is 3.24. The number of nitrogens with zero attached hydrogens (tertiary/aromatic N) is 3. The summed E-state index contributed by atoms with van der Waals surface area (Å²) in [4.78, 5) is 24.6. The highest BCUT2D eigenvalue weighted by molar-refractivity contribution is 6.40. The zero-order valence-electron chi connectivity index (χ0n) is 19.0. The molecule has 0 aliphatic heterocycles. The van der Waals surface area contributed by atoms with E-state index >= 15 is 0 Å². The maximum absolute atomic E-state index is 12.3. The number of aromatic nitrogens is 2. The number of amides is 2. The van der Waals surface area contributed by atoms with Crippen LogP contribution in [-0.2, 0) is 9.59 Å². The van der Waals surface area contributed by atoms with Crippen LogP contribution in [0.4, 0.5) is 5.69 Å². The summed E-state index contributed by atoms with van der Waals surface area (Å²) in [6.45, 7) is 1.75. The van der Waals surface area contributed by atoms with Crippen molar-refractivity contribution in [2.75, 3.05) is 12.4 Å². The molecule has 0 aliphatic carbocycles. The first-order chi connectivity index (χ1) is 17.0. The number of rotatable bonds is 6. The van der Waals surface area contributed by atoms with Gasteiger partial charge in [0.1, 0.15) is 11.4 Å². The van der Waals surface area contributed by atoms with E-state index in [9.17, 15) is 9.59 Å². The second-order valence-corrected chi connectivity index (χ2v) is 7.91. The van der Waals surface area contributed by atoms with Crippen LogP contribution in [0, 0.1) is 6.92 Å². The molecule has 0 aliphatic rings. The van der Waals surface area contributed by atoms with Crippen LogP contribution < -0.4 is 15.5 Å². The topological polar surface area (TPSA) is 97.6 Å². The van der Waals surface area contributed by atoms with E-state index in [0.717, 1.165) is 17.0 Å². The number of methoxy groups -OCH3 is 1. The van der Waals surface area contributed by atoms with Gasteiger partial charge in [0.25, 0.3) is 0 Å². The fourth-order valence-electron chi connectivity index (χ4n) is 3.30. The summed E-state index contributed by atoms with van der Waals surface area (Å²) in [7, 11) is 1.60. The Morgan fingerprint density at radius 3 is 2.46 bits per heavy atom. The third kappa shape index (κ3) is 5.56. The van der Waals surface area contributed by atoms with E-state index in [0.29, 0.717) is 27.5 Å². The number of hydrogen-bond donors (Lipinski definition) is 2. The van der Waals surface area contributed by atoms with Crippen LogP contribution in [0.25, 0.3) is 16.9 Å². The van der Waals surface area contributed by atoms with Gasteiger partial charge in [0.15, 0.2) is 0 Å². The van der Waals surface area contributed by atoms with E-state index in [2.05, 4.69) is 15.8 Å². The van der Waals surface area contributed by atoms with Crippen LogP contribution in [0.5, 0.6) is 5.75 Å². The highest BCUT2D eigenvalue weighted by Crippen LogP contribution is 2.25. The quantitative estimate of drug-likeness (QED) is 0.236. The fourth-order valence-corrected chi connectivity index (χ4v) is 3.48. The number of anilines is 1. The molecule has 1 heterocycles. The van der Waals surface area contributed by atoms with Gasteiger partial charge in [0, 0.05) is 28.0 Å². The summed E-state index contributed by atoms with van der Waals surface area (Å²) < 4.78 is 6.95. The van der Waals surface area contributed by atoms with E-state index in [1.54, 1.807) is 43.1 Å². The lowest BCUT2D eigenvalue weighted by Crippen LogP contribution is -2.32. The molecule has 0 bridgehead atoms. The van der Waals surface area contributed by atoms with Crippen LogP contribution in [0.2, 0.25) is 5.02 Å². The number of carbonyl (C=O) groups excluding carboxylic acids is 2. The summed E-state index contributed by atoms with van der Waals surface area (Å²) in [5.74, 6) is -1.05. The van der Waals surface area contributed by atoms with Crippen LogP contribution in [0.3, 0.4) is 0 Å². The van der Waals surface area contributed by atoms with E-state index in [4.69, 9.17) is 21.4 Å². The number of nitrogens with one attached hydrogen (secondary N) is 2. The molecule has 4 rings (SSSR count). The van der Waals surface area contributed by atoms with Crippen LogP contribution >= 0.6 is 11.6 Å². The first-order valence-corrected chi connectivity index (χ1v) is 11.0. The lowest BCUT2D eigenvalue weighted by atomic mass is 10.1. The molecule has 9 heteroatoms. The van der Waals surface area contributed by atoms with Crippen molar-refractivity contribution in [3.8, 4) is 22.7 Å². The molecular formula is C26H22ClN5O3. The molecule has 0 saturated carbocycles. The number of para-hydroxylation sites is 1. The van der Waals surface area contributed by atoms with Gasteiger partial charge in [0.05, 0.1) is 19.0 Å². The SMILES string of the molecule is COc1ccc(-c2nn(-c3ccccc3)cc2C=NNC(=O)C(=O)Nc2cccc(Cl)c2C)cc1. The molecule has 35 heavy (non-hydrogen) atoms. The summed E-state index contributed by atoms with van der Waals surface area (Å²) >= 11 is 6.07. The molecule has 0 atom stereocenters. The molecule has 0 fully saturated rings. The van der Waals surface area contributed by atoms with Crippen molar-refractivity contribution >= 4 is 35.3 Å². The Bertz CT molecular complexity index is 1380. The van der Waals surface area contributed by atoms with Gasteiger partial charge in [-0.15, -0.1) is 0 Å². The zero-order valence-corrected chi connectivity index (χ0v) is 19.8. The molecule has 0 radical (unpaired) electrons. The highest BCUT2D eigenvalue weighted by Gasteiger charge is 2.15. The molecule has 4 aromatic rings. The van der Waals surface area contributed by atoms with Crippen molar-refractivity contribution in [3.05, 3.63) is 95.1 Å². The first kappa shape index (κ1) is 23.7. The summed E-state index contributed by atoms with van der Waals surface area (Å²) in [5, 5.41) is 11.7. The summed E-state index contributed by atoms with van der Waals surface area (Å²) in [5.41, 5.74) is 6.36. The van der Waals surface area contributed by atoms with Gasteiger partial charge in [-0.05, 0) is 61.0 Å². The van der Waals surface area contributed by atoms with E-state index in [1.165, 1.54) is 6.21 Å². The lowest BCUT2D eigenvalue weighted by Gasteiger charge is -2.08. The van der Waals surface area contributed by atoms with Crippen molar-refractivity contribution in [2.24, 2.45) is 5.10 Å². The second kappa shape index (κ2) is 10.7. The molecule has 2 N–H and O–H groups in total. The minimum atomic E-state index is -0.915. The lowest BCUT2D eigenvalue weighted by molar-refractivity contribution is -0.136. The predicted octanol–water partition coefficient (Wildman–Crippen LogP) is 4.60. The molecule has 0 spiro atoms. The Balaban J connectivity index is 1.54. The average molecular weight is 488 g/mol. The predicted molar refractivity (Wildman–Crippen MR) is 136 cm³/mol. The molecule has 0 saturated heterocycles. The Morgan fingerprint density at radius 2 is 1.74 bits per heavy atom. The normalized spacial score (nSPS) is 10.8. The Hall–Kier alpha value is -4.43.